The molecule has 0 aliphatic carbocycles. The van der Waals surface area contributed by atoms with E-state index < -0.39 is 58.9 Å². The normalized spacial score (nSPS) is 18.1. The van der Waals surface area contributed by atoms with Gasteiger partial charge in [0, 0.05) is 5.56 Å². The van der Waals surface area contributed by atoms with Crippen LogP contribution in [0.4, 0.5) is 32.4 Å². The van der Waals surface area contributed by atoms with E-state index in [9.17, 15) is 36.3 Å². The van der Waals surface area contributed by atoms with E-state index in [1.54, 1.807) is 0 Å². The number of imide groups is 1. The highest BCUT2D eigenvalue weighted by atomic mass is 19.4. The number of halogens is 5. The third kappa shape index (κ3) is 4.41. The standard InChI is InChI=1S/C21H15F5N6O3/c1-20(13-7-12(22)3-4-14(13)23)18(34)31(19(35)30-20)8-17(33)29-15-6-11(21(24,25)26)2-5-16(15)32-10-27-9-28-32/h2-7,9-10H,8H2,1H3,(H,29,33)(H,30,35). The fraction of sp³-hybridized carbons (Fsp3) is 0.190. The second-order valence-corrected chi connectivity index (χ2v) is 7.69. The van der Waals surface area contributed by atoms with Gasteiger partial charge in [-0.05, 0) is 43.3 Å². The number of nitrogens with one attached hydrogen (secondary N) is 2. The molecule has 2 N–H and O–H groups in total. The fourth-order valence-electron chi connectivity index (χ4n) is 3.58. The number of alkyl halides is 3. The Morgan fingerprint density at radius 3 is 2.54 bits per heavy atom. The van der Waals surface area contributed by atoms with Crippen LogP contribution in [-0.4, -0.2) is 44.1 Å². The first kappa shape index (κ1) is 23.8. The second kappa shape index (κ2) is 8.45. The molecule has 35 heavy (non-hydrogen) atoms. The first-order chi connectivity index (χ1) is 16.4. The Morgan fingerprint density at radius 1 is 1.14 bits per heavy atom. The highest BCUT2D eigenvalue weighted by molar-refractivity contribution is 6.10. The van der Waals surface area contributed by atoms with Gasteiger partial charge < -0.3 is 10.6 Å². The van der Waals surface area contributed by atoms with E-state index in [1.807, 2.05) is 0 Å². The Kier molecular flexibility index (Phi) is 5.74. The van der Waals surface area contributed by atoms with Gasteiger partial charge in [-0.3, -0.25) is 14.5 Å². The number of rotatable bonds is 5. The van der Waals surface area contributed by atoms with Crippen molar-refractivity contribution in [2.24, 2.45) is 0 Å². The number of amides is 4. The van der Waals surface area contributed by atoms with Crippen LogP contribution in [0.25, 0.3) is 5.69 Å². The molecule has 0 bridgehead atoms. The third-order valence-corrected chi connectivity index (χ3v) is 5.31. The van der Waals surface area contributed by atoms with E-state index in [0.29, 0.717) is 11.0 Å². The van der Waals surface area contributed by atoms with Gasteiger partial charge in [-0.25, -0.2) is 23.2 Å². The molecule has 4 amide bonds. The van der Waals surface area contributed by atoms with Crippen molar-refractivity contribution < 1.29 is 36.3 Å². The van der Waals surface area contributed by atoms with Crippen molar-refractivity contribution in [2.75, 3.05) is 11.9 Å². The highest BCUT2D eigenvalue weighted by Gasteiger charge is 2.51. The van der Waals surface area contributed by atoms with E-state index in [-0.39, 0.29) is 11.4 Å². The maximum atomic E-state index is 14.3. The summed E-state index contributed by atoms with van der Waals surface area (Å²) >= 11 is 0. The molecule has 1 atom stereocenters. The minimum atomic E-state index is -4.72. The average Bonchev–Trinajstić information content (AvgIpc) is 3.38. The summed E-state index contributed by atoms with van der Waals surface area (Å²) in [7, 11) is 0. The smallest absolute Gasteiger partial charge is 0.323 e. The summed E-state index contributed by atoms with van der Waals surface area (Å²) in [4.78, 5) is 42.2. The van der Waals surface area contributed by atoms with Crippen LogP contribution in [-0.2, 0) is 21.3 Å². The molecule has 14 heteroatoms. The maximum Gasteiger partial charge on any atom is 0.416 e. The van der Waals surface area contributed by atoms with Gasteiger partial charge in [0.05, 0.1) is 16.9 Å². The van der Waals surface area contributed by atoms with E-state index in [2.05, 4.69) is 20.7 Å². The summed E-state index contributed by atoms with van der Waals surface area (Å²) in [5.41, 5.74) is -3.81. The zero-order chi connectivity index (χ0) is 25.5. The van der Waals surface area contributed by atoms with Gasteiger partial charge in [0.25, 0.3) is 5.91 Å². The lowest BCUT2D eigenvalue weighted by Crippen LogP contribution is -2.42. The first-order valence-electron chi connectivity index (χ1n) is 9.86. The molecular formula is C21H15F5N6O3. The van der Waals surface area contributed by atoms with Crippen LogP contribution < -0.4 is 10.6 Å². The SMILES string of the molecule is CC1(c2cc(F)ccc2F)NC(=O)N(CC(=O)Nc2cc(C(F)(F)F)ccc2-n2cncn2)C1=O. The molecule has 182 valence electrons. The lowest BCUT2D eigenvalue weighted by atomic mass is 9.91. The third-order valence-electron chi connectivity index (χ3n) is 5.31. The van der Waals surface area contributed by atoms with Crippen molar-refractivity contribution in [3.05, 3.63) is 71.8 Å². The molecule has 4 rings (SSSR count). The predicted octanol–water partition coefficient (Wildman–Crippen LogP) is 2.97. The van der Waals surface area contributed by atoms with E-state index in [1.165, 1.54) is 6.33 Å². The molecule has 1 unspecified atom stereocenters. The van der Waals surface area contributed by atoms with Crippen molar-refractivity contribution in [2.45, 2.75) is 18.6 Å². The van der Waals surface area contributed by atoms with Crippen molar-refractivity contribution in [1.82, 2.24) is 25.0 Å². The molecule has 2 aromatic carbocycles. The van der Waals surface area contributed by atoms with Crippen molar-refractivity contribution in [3.8, 4) is 5.69 Å². The lowest BCUT2D eigenvalue weighted by molar-refractivity contribution is -0.137. The fourth-order valence-corrected chi connectivity index (χ4v) is 3.58. The molecule has 9 nitrogen and oxygen atoms in total. The lowest BCUT2D eigenvalue weighted by Gasteiger charge is -2.22. The number of benzene rings is 2. The van der Waals surface area contributed by atoms with Crippen LogP contribution >= 0.6 is 0 Å². The number of aromatic nitrogens is 3. The average molecular weight is 494 g/mol. The molecule has 2 heterocycles. The molecule has 0 radical (unpaired) electrons. The summed E-state index contributed by atoms with van der Waals surface area (Å²) in [5.74, 6) is -3.90. The van der Waals surface area contributed by atoms with Crippen LogP contribution in [0.3, 0.4) is 0 Å². The summed E-state index contributed by atoms with van der Waals surface area (Å²) in [6, 6.07) is 3.78. The summed E-state index contributed by atoms with van der Waals surface area (Å²) in [5, 5.41) is 8.28. The number of hydrogen-bond acceptors (Lipinski definition) is 5. The van der Waals surface area contributed by atoms with Crippen molar-refractivity contribution in [1.29, 1.82) is 0 Å². The van der Waals surface area contributed by atoms with E-state index >= 15 is 0 Å². The van der Waals surface area contributed by atoms with Gasteiger partial charge in [-0.1, -0.05) is 0 Å². The van der Waals surface area contributed by atoms with Crippen molar-refractivity contribution >= 4 is 23.5 Å². The Morgan fingerprint density at radius 2 is 1.89 bits per heavy atom. The topological polar surface area (TPSA) is 109 Å². The minimum absolute atomic E-state index is 0.0349. The molecular weight excluding hydrogens is 479 g/mol. The Bertz CT molecular complexity index is 1330. The Labute approximate surface area is 193 Å². The largest absolute Gasteiger partial charge is 0.416 e. The summed E-state index contributed by atoms with van der Waals surface area (Å²) < 4.78 is 68.7. The second-order valence-electron chi connectivity index (χ2n) is 7.69. The number of hydrogen-bond donors (Lipinski definition) is 2. The van der Waals surface area contributed by atoms with Gasteiger partial charge in [-0.2, -0.15) is 18.3 Å². The first-order valence-corrected chi connectivity index (χ1v) is 9.86. The molecule has 1 saturated heterocycles. The zero-order valence-corrected chi connectivity index (χ0v) is 17.7. The molecule has 1 aliphatic rings. The zero-order valence-electron chi connectivity index (χ0n) is 17.7. The molecule has 3 aromatic rings. The van der Waals surface area contributed by atoms with Crippen LogP contribution in [0.1, 0.15) is 18.1 Å². The monoisotopic (exact) mass is 494 g/mol. The molecule has 1 aromatic heterocycles. The number of urea groups is 1. The minimum Gasteiger partial charge on any atom is -0.323 e. The number of anilines is 1. The van der Waals surface area contributed by atoms with Crippen LogP contribution in [0.5, 0.6) is 0 Å². The summed E-state index contributed by atoms with van der Waals surface area (Å²) in [6.45, 7) is 0.225. The summed E-state index contributed by atoms with van der Waals surface area (Å²) in [6.07, 6.45) is -2.40. The Hall–Kier alpha value is -4.36. The van der Waals surface area contributed by atoms with Gasteiger partial charge in [0.15, 0.2) is 0 Å². The Balaban J connectivity index is 1.60. The van der Waals surface area contributed by atoms with Gasteiger partial charge in [0.2, 0.25) is 5.91 Å². The number of nitrogens with zero attached hydrogens (tertiary/aromatic N) is 4. The van der Waals surface area contributed by atoms with Gasteiger partial charge >= 0.3 is 12.2 Å². The maximum absolute atomic E-state index is 14.3. The van der Waals surface area contributed by atoms with Crippen LogP contribution in [0.2, 0.25) is 0 Å². The predicted molar refractivity (Wildman–Crippen MR) is 109 cm³/mol. The highest BCUT2D eigenvalue weighted by Crippen LogP contribution is 2.34. The van der Waals surface area contributed by atoms with Crippen molar-refractivity contribution in [3.63, 3.8) is 0 Å². The van der Waals surface area contributed by atoms with Gasteiger partial charge in [0.1, 0.15) is 36.4 Å². The number of carbonyl (C=O) groups excluding carboxylic acids is 3. The molecule has 0 saturated carbocycles. The van der Waals surface area contributed by atoms with Crippen LogP contribution in [0.15, 0.2) is 49.1 Å². The van der Waals surface area contributed by atoms with E-state index in [0.717, 1.165) is 48.3 Å². The quantitative estimate of drug-likeness (QED) is 0.419. The molecule has 1 aliphatic heterocycles. The molecule has 1 fully saturated rings. The van der Waals surface area contributed by atoms with E-state index in [4.69, 9.17) is 0 Å². The van der Waals surface area contributed by atoms with Crippen LogP contribution in [0, 0.1) is 11.6 Å². The van der Waals surface area contributed by atoms with Gasteiger partial charge in [-0.15, -0.1) is 0 Å². The number of carbonyl (C=O) groups is 3. The molecule has 0 spiro atoms.